The van der Waals surface area contributed by atoms with Gasteiger partial charge in [-0.05, 0) is 24.5 Å². The Morgan fingerprint density at radius 1 is 1.24 bits per heavy atom. The Hall–Kier alpha value is -1.51. The molecular weight excluding hydrogens is 212 g/mol. The van der Waals surface area contributed by atoms with E-state index in [1.165, 1.54) is 12.8 Å². The van der Waals surface area contributed by atoms with Gasteiger partial charge in [0.25, 0.3) is 0 Å². The molecule has 2 aliphatic rings. The number of nitrogens with one attached hydrogen (secondary N) is 2. The quantitative estimate of drug-likeness (QED) is 0.818. The summed E-state index contributed by atoms with van der Waals surface area (Å²) in [4.78, 5) is 12.2. The van der Waals surface area contributed by atoms with Crippen LogP contribution in [0.1, 0.15) is 37.2 Å². The van der Waals surface area contributed by atoms with Crippen molar-refractivity contribution in [2.45, 2.75) is 37.6 Å². The molecule has 0 spiro atoms. The van der Waals surface area contributed by atoms with Crippen LogP contribution >= 0.6 is 0 Å². The zero-order chi connectivity index (χ0) is 11.7. The molecular formula is C14H18N2O. The maximum atomic E-state index is 12.2. The Kier molecular flexibility index (Phi) is 2.75. The molecule has 0 saturated heterocycles. The maximum Gasteiger partial charge on any atom is 0.229 e. The van der Waals surface area contributed by atoms with Crippen LogP contribution in [0.2, 0.25) is 0 Å². The number of hydrogen-bond acceptors (Lipinski definition) is 2. The first kappa shape index (κ1) is 10.6. The molecule has 1 fully saturated rings. The summed E-state index contributed by atoms with van der Waals surface area (Å²) in [6, 6.07) is 8.51. The normalized spacial score (nSPS) is 23.2. The average molecular weight is 230 g/mol. The van der Waals surface area contributed by atoms with E-state index < -0.39 is 0 Å². The van der Waals surface area contributed by atoms with Crippen LogP contribution < -0.4 is 10.6 Å². The maximum absolute atomic E-state index is 12.2. The Bertz CT molecular complexity index is 424. The molecule has 0 bridgehead atoms. The average Bonchev–Trinajstić information content (AvgIpc) is 2.96. The van der Waals surface area contributed by atoms with Crippen LogP contribution in [0.25, 0.3) is 0 Å². The van der Waals surface area contributed by atoms with Crippen LogP contribution in [0.5, 0.6) is 0 Å². The number of carbonyl (C=O) groups excluding carboxylic acids is 1. The molecule has 3 heteroatoms. The fraction of sp³-hybridized carbons (Fsp3) is 0.500. The van der Waals surface area contributed by atoms with Gasteiger partial charge in [0.2, 0.25) is 5.91 Å². The van der Waals surface area contributed by atoms with Crippen LogP contribution in [0.15, 0.2) is 24.3 Å². The third-order valence-corrected chi connectivity index (χ3v) is 3.85. The van der Waals surface area contributed by atoms with Gasteiger partial charge in [0, 0.05) is 18.3 Å². The number of amides is 1. The number of benzene rings is 1. The highest BCUT2D eigenvalue weighted by molar-refractivity contribution is 5.88. The summed E-state index contributed by atoms with van der Waals surface area (Å²) in [5.41, 5.74) is 2.25. The van der Waals surface area contributed by atoms with Gasteiger partial charge in [0.15, 0.2) is 0 Å². The number of carbonyl (C=O) groups is 1. The van der Waals surface area contributed by atoms with E-state index in [1.807, 2.05) is 24.3 Å². The largest absolute Gasteiger partial charge is 0.384 e. The SMILES string of the molecule is O=C(NC1CCCC1)C1CNc2ccccc21. The van der Waals surface area contributed by atoms with E-state index in [4.69, 9.17) is 0 Å². The van der Waals surface area contributed by atoms with Crippen molar-refractivity contribution < 1.29 is 4.79 Å². The van der Waals surface area contributed by atoms with Crippen LogP contribution in [0, 0.1) is 0 Å². The summed E-state index contributed by atoms with van der Waals surface area (Å²) >= 11 is 0. The van der Waals surface area contributed by atoms with E-state index in [0.29, 0.717) is 6.04 Å². The van der Waals surface area contributed by atoms with E-state index in [9.17, 15) is 4.79 Å². The van der Waals surface area contributed by atoms with Gasteiger partial charge in [-0.1, -0.05) is 31.0 Å². The fourth-order valence-electron chi connectivity index (χ4n) is 2.89. The molecule has 2 N–H and O–H groups in total. The molecule has 17 heavy (non-hydrogen) atoms. The molecule has 3 rings (SSSR count). The van der Waals surface area contributed by atoms with Gasteiger partial charge in [-0.15, -0.1) is 0 Å². The van der Waals surface area contributed by atoms with Crippen LogP contribution in [0.3, 0.4) is 0 Å². The minimum atomic E-state index is -0.00759. The number of rotatable bonds is 2. The Labute approximate surface area is 102 Å². The summed E-state index contributed by atoms with van der Waals surface area (Å²) in [7, 11) is 0. The van der Waals surface area contributed by atoms with E-state index in [0.717, 1.165) is 30.6 Å². The Morgan fingerprint density at radius 3 is 2.82 bits per heavy atom. The van der Waals surface area contributed by atoms with Crippen molar-refractivity contribution in [3.63, 3.8) is 0 Å². The van der Waals surface area contributed by atoms with Crippen molar-refractivity contribution in [3.05, 3.63) is 29.8 Å². The summed E-state index contributed by atoms with van der Waals surface area (Å²) in [6.07, 6.45) is 4.80. The zero-order valence-corrected chi connectivity index (χ0v) is 9.91. The summed E-state index contributed by atoms with van der Waals surface area (Å²) < 4.78 is 0. The van der Waals surface area contributed by atoms with Crippen LogP contribution in [-0.2, 0) is 4.79 Å². The predicted molar refractivity (Wildman–Crippen MR) is 68.1 cm³/mol. The molecule has 1 aliphatic heterocycles. The second kappa shape index (κ2) is 4.40. The lowest BCUT2D eigenvalue weighted by atomic mass is 10.00. The van der Waals surface area contributed by atoms with Gasteiger partial charge in [-0.3, -0.25) is 4.79 Å². The first-order valence-corrected chi connectivity index (χ1v) is 6.48. The van der Waals surface area contributed by atoms with Gasteiger partial charge in [0.1, 0.15) is 0 Å². The molecule has 0 radical (unpaired) electrons. The van der Waals surface area contributed by atoms with Crippen LogP contribution in [0.4, 0.5) is 5.69 Å². The first-order chi connectivity index (χ1) is 8.34. The van der Waals surface area contributed by atoms with Crippen molar-refractivity contribution in [1.29, 1.82) is 0 Å². The van der Waals surface area contributed by atoms with Gasteiger partial charge < -0.3 is 10.6 Å². The lowest BCUT2D eigenvalue weighted by Crippen LogP contribution is -2.37. The topological polar surface area (TPSA) is 41.1 Å². The molecule has 90 valence electrons. The lowest BCUT2D eigenvalue weighted by Gasteiger charge is -2.16. The summed E-state index contributed by atoms with van der Waals surface area (Å²) in [6.45, 7) is 0.734. The molecule has 1 saturated carbocycles. The molecule has 1 aromatic carbocycles. The van der Waals surface area contributed by atoms with E-state index in [1.54, 1.807) is 0 Å². The van der Waals surface area contributed by atoms with Crippen molar-refractivity contribution in [3.8, 4) is 0 Å². The Morgan fingerprint density at radius 2 is 2.00 bits per heavy atom. The second-order valence-corrected chi connectivity index (χ2v) is 5.01. The van der Waals surface area contributed by atoms with Gasteiger partial charge in [-0.2, -0.15) is 0 Å². The third-order valence-electron chi connectivity index (χ3n) is 3.85. The minimum Gasteiger partial charge on any atom is -0.384 e. The number of hydrogen-bond donors (Lipinski definition) is 2. The highest BCUT2D eigenvalue weighted by Gasteiger charge is 2.29. The van der Waals surface area contributed by atoms with Gasteiger partial charge >= 0.3 is 0 Å². The lowest BCUT2D eigenvalue weighted by molar-refractivity contribution is -0.122. The molecule has 1 heterocycles. The van der Waals surface area contributed by atoms with Gasteiger partial charge in [-0.25, -0.2) is 0 Å². The van der Waals surface area contributed by atoms with E-state index in [-0.39, 0.29) is 11.8 Å². The highest BCUT2D eigenvalue weighted by Crippen LogP contribution is 2.31. The monoisotopic (exact) mass is 230 g/mol. The van der Waals surface area contributed by atoms with Crippen LogP contribution in [-0.4, -0.2) is 18.5 Å². The fourth-order valence-corrected chi connectivity index (χ4v) is 2.89. The van der Waals surface area contributed by atoms with Crippen molar-refractivity contribution in [1.82, 2.24) is 5.32 Å². The smallest absolute Gasteiger partial charge is 0.229 e. The first-order valence-electron chi connectivity index (χ1n) is 6.48. The van der Waals surface area contributed by atoms with Crippen molar-refractivity contribution in [2.24, 2.45) is 0 Å². The molecule has 1 atom stereocenters. The zero-order valence-electron chi connectivity index (χ0n) is 9.91. The predicted octanol–water partition coefficient (Wildman–Crippen LogP) is 2.25. The molecule has 0 aromatic heterocycles. The minimum absolute atomic E-state index is 0.00759. The molecule has 1 aromatic rings. The highest BCUT2D eigenvalue weighted by atomic mass is 16.2. The summed E-state index contributed by atoms with van der Waals surface area (Å²) in [5, 5.41) is 6.48. The third kappa shape index (κ3) is 2.02. The second-order valence-electron chi connectivity index (χ2n) is 5.01. The van der Waals surface area contributed by atoms with Crippen molar-refractivity contribution in [2.75, 3.05) is 11.9 Å². The van der Waals surface area contributed by atoms with Crippen molar-refractivity contribution >= 4 is 11.6 Å². The summed E-state index contributed by atoms with van der Waals surface area (Å²) in [5.74, 6) is 0.182. The molecule has 3 nitrogen and oxygen atoms in total. The molecule has 1 amide bonds. The Balaban J connectivity index is 1.71. The number of anilines is 1. The number of para-hydroxylation sites is 1. The van der Waals surface area contributed by atoms with E-state index in [2.05, 4.69) is 10.6 Å². The molecule has 1 unspecified atom stereocenters. The molecule has 1 aliphatic carbocycles. The van der Waals surface area contributed by atoms with Gasteiger partial charge in [0.05, 0.1) is 5.92 Å². The standard InChI is InChI=1S/C14H18N2O/c17-14(16-10-5-1-2-6-10)12-9-15-13-8-4-3-7-11(12)13/h3-4,7-8,10,12,15H,1-2,5-6,9H2,(H,16,17). The van der Waals surface area contributed by atoms with E-state index >= 15 is 0 Å². The number of fused-ring (bicyclic) bond motifs is 1.